The number of aromatic carboxylic acids is 1. The Kier molecular flexibility index (Phi) is 2.74. The van der Waals surface area contributed by atoms with E-state index in [0.717, 1.165) is 19.3 Å². The number of carboxylic acid groups (broad SMARTS) is 1. The predicted molar refractivity (Wildman–Crippen MR) is 56.3 cm³/mol. The summed E-state index contributed by atoms with van der Waals surface area (Å²) in [6.07, 6.45) is 5.42. The molecule has 6 nitrogen and oxygen atoms in total. The zero-order valence-corrected chi connectivity index (χ0v) is 8.68. The third-order valence-corrected chi connectivity index (χ3v) is 2.90. The molecule has 0 amide bonds. The Hall–Kier alpha value is -1.69. The fourth-order valence-corrected chi connectivity index (χ4v) is 1.76. The van der Waals surface area contributed by atoms with Crippen molar-refractivity contribution in [3.8, 4) is 0 Å². The molecule has 1 aromatic rings. The molecule has 2 rings (SSSR count). The van der Waals surface area contributed by atoms with Crippen LogP contribution in [-0.4, -0.2) is 38.3 Å². The Morgan fingerprint density at radius 2 is 2.12 bits per heavy atom. The molecule has 0 saturated heterocycles. The van der Waals surface area contributed by atoms with Gasteiger partial charge in [-0.05, 0) is 19.3 Å². The number of aromatic nitrogens is 2. The van der Waals surface area contributed by atoms with Crippen LogP contribution in [0.25, 0.3) is 0 Å². The second-order valence-electron chi connectivity index (χ2n) is 3.98. The van der Waals surface area contributed by atoms with Crippen molar-refractivity contribution in [3.63, 3.8) is 0 Å². The van der Waals surface area contributed by atoms with Crippen LogP contribution in [0, 0.1) is 0 Å². The van der Waals surface area contributed by atoms with E-state index in [1.165, 1.54) is 12.4 Å². The van der Waals surface area contributed by atoms with E-state index in [1.807, 2.05) is 0 Å². The molecule has 6 heteroatoms. The number of carboxylic acids is 1. The molecule has 16 heavy (non-hydrogen) atoms. The summed E-state index contributed by atoms with van der Waals surface area (Å²) in [4.78, 5) is 18.6. The van der Waals surface area contributed by atoms with Crippen LogP contribution in [0.15, 0.2) is 12.4 Å². The van der Waals surface area contributed by atoms with Gasteiger partial charge < -0.3 is 15.5 Å². The minimum atomic E-state index is -1.12. The Morgan fingerprint density at radius 1 is 1.44 bits per heavy atom. The summed E-state index contributed by atoms with van der Waals surface area (Å²) in [7, 11) is 0. The minimum absolute atomic E-state index is 0.0252. The van der Waals surface area contributed by atoms with Crippen molar-refractivity contribution in [2.75, 3.05) is 11.9 Å². The molecule has 1 saturated carbocycles. The number of aliphatic hydroxyl groups excluding tert-OH is 1. The second-order valence-corrected chi connectivity index (χ2v) is 3.98. The number of hydrogen-bond donors (Lipinski definition) is 3. The van der Waals surface area contributed by atoms with E-state index in [1.54, 1.807) is 0 Å². The van der Waals surface area contributed by atoms with Gasteiger partial charge in [0.25, 0.3) is 0 Å². The minimum Gasteiger partial charge on any atom is -0.476 e. The normalized spacial score (nSPS) is 17.6. The molecule has 0 aromatic carbocycles. The van der Waals surface area contributed by atoms with Gasteiger partial charge in [-0.25, -0.2) is 14.8 Å². The average molecular weight is 223 g/mol. The topological polar surface area (TPSA) is 95.3 Å². The summed E-state index contributed by atoms with van der Waals surface area (Å²) in [6.45, 7) is -0.0252. The molecular weight excluding hydrogens is 210 g/mol. The Morgan fingerprint density at radius 3 is 2.62 bits per heavy atom. The van der Waals surface area contributed by atoms with Crippen molar-refractivity contribution in [2.24, 2.45) is 0 Å². The predicted octanol–water partition coefficient (Wildman–Crippen LogP) is 0.502. The SMILES string of the molecule is O=C(O)c1nccnc1NC1(CO)CCC1. The van der Waals surface area contributed by atoms with Gasteiger partial charge in [-0.1, -0.05) is 0 Å². The van der Waals surface area contributed by atoms with Crippen LogP contribution in [0.2, 0.25) is 0 Å². The zero-order valence-electron chi connectivity index (χ0n) is 8.68. The van der Waals surface area contributed by atoms with E-state index in [4.69, 9.17) is 5.11 Å². The van der Waals surface area contributed by atoms with E-state index >= 15 is 0 Å². The van der Waals surface area contributed by atoms with Crippen molar-refractivity contribution < 1.29 is 15.0 Å². The van der Waals surface area contributed by atoms with Crippen LogP contribution in [0.3, 0.4) is 0 Å². The number of nitrogens with zero attached hydrogens (tertiary/aromatic N) is 2. The maximum atomic E-state index is 10.9. The van der Waals surface area contributed by atoms with Gasteiger partial charge in [0.15, 0.2) is 11.5 Å². The van der Waals surface area contributed by atoms with Crippen molar-refractivity contribution in [3.05, 3.63) is 18.1 Å². The highest BCUT2D eigenvalue weighted by molar-refractivity contribution is 5.90. The highest BCUT2D eigenvalue weighted by Crippen LogP contribution is 2.34. The highest BCUT2D eigenvalue weighted by atomic mass is 16.4. The van der Waals surface area contributed by atoms with Crippen molar-refractivity contribution in [1.29, 1.82) is 0 Å². The van der Waals surface area contributed by atoms with E-state index in [-0.39, 0.29) is 18.1 Å². The fourth-order valence-electron chi connectivity index (χ4n) is 1.76. The van der Waals surface area contributed by atoms with Gasteiger partial charge in [0.1, 0.15) is 0 Å². The van der Waals surface area contributed by atoms with Crippen LogP contribution in [0.5, 0.6) is 0 Å². The summed E-state index contributed by atoms with van der Waals surface area (Å²) in [5.74, 6) is -0.897. The Balaban J connectivity index is 2.23. The zero-order chi connectivity index (χ0) is 11.6. The monoisotopic (exact) mass is 223 g/mol. The van der Waals surface area contributed by atoms with Gasteiger partial charge in [0.05, 0.1) is 12.1 Å². The first-order chi connectivity index (χ1) is 7.67. The molecule has 3 N–H and O–H groups in total. The lowest BCUT2D eigenvalue weighted by Gasteiger charge is -2.41. The number of anilines is 1. The van der Waals surface area contributed by atoms with Crippen molar-refractivity contribution >= 4 is 11.8 Å². The summed E-state index contributed by atoms with van der Waals surface area (Å²) in [5, 5.41) is 21.2. The van der Waals surface area contributed by atoms with E-state index < -0.39 is 11.5 Å². The third kappa shape index (κ3) is 1.83. The number of nitrogens with one attached hydrogen (secondary N) is 1. The molecule has 0 bridgehead atoms. The maximum Gasteiger partial charge on any atom is 0.358 e. The van der Waals surface area contributed by atoms with Gasteiger partial charge >= 0.3 is 5.97 Å². The lowest BCUT2D eigenvalue weighted by atomic mass is 9.77. The third-order valence-electron chi connectivity index (χ3n) is 2.90. The average Bonchev–Trinajstić information content (AvgIpc) is 2.24. The lowest BCUT2D eigenvalue weighted by molar-refractivity contribution is 0.0690. The Labute approximate surface area is 92.4 Å². The largest absolute Gasteiger partial charge is 0.476 e. The van der Waals surface area contributed by atoms with Gasteiger partial charge in [0, 0.05) is 12.4 Å². The molecule has 0 unspecified atom stereocenters. The van der Waals surface area contributed by atoms with Gasteiger partial charge in [-0.3, -0.25) is 0 Å². The Bertz CT molecular complexity index is 399. The number of carbonyl (C=O) groups is 1. The quantitative estimate of drug-likeness (QED) is 0.688. The van der Waals surface area contributed by atoms with E-state index in [0.29, 0.717) is 0 Å². The summed E-state index contributed by atoms with van der Waals surface area (Å²) < 4.78 is 0. The lowest BCUT2D eigenvalue weighted by Crippen LogP contribution is -2.48. The number of rotatable bonds is 4. The molecule has 1 aromatic heterocycles. The molecule has 0 aliphatic heterocycles. The smallest absolute Gasteiger partial charge is 0.358 e. The second kappa shape index (κ2) is 4.05. The molecule has 0 spiro atoms. The van der Waals surface area contributed by atoms with E-state index in [2.05, 4.69) is 15.3 Å². The first-order valence-corrected chi connectivity index (χ1v) is 5.10. The first-order valence-electron chi connectivity index (χ1n) is 5.10. The number of hydrogen-bond acceptors (Lipinski definition) is 5. The molecule has 1 aliphatic rings. The molecule has 1 heterocycles. The van der Waals surface area contributed by atoms with Gasteiger partial charge in [-0.15, -0.1) is 0 Å². The van der Waals surface area contributed by atoms with Gasteiger partial charge in [0.2, 0.25) is 0 Å². The van der Waals surface area contributed by atoms with Crippen LogP contribution < -0.4 is 5.32 Å². The molecule has 1 fully saturated rings. The van der Waals surface area contributed by atoms with Crippen molar-refractivity contribution in [1.82, 2.24) is 9.97 Å². The standard InChI is InChI=1S/C10H13N3O3/c14-6-10(2-1-3-10)13-8-7(9(15)16)11-4-5-12-8/h4-5,14H,1-3,6H2,(H,12,13)(H,15,16). The summed E-state index contributed by atoms with van der Waals surface area (Å²) in [6, 6.07) is 0. The first kappa shape index (κ1) is 10.8. The van der Waals surface area contributed by atoms with Crippen LogP contribution in [0.4, 0.5) is 5.82 Å². The van der Waals surface area contributed by atoms with Gasteiger partial charge in [-0.2, -0.15) is 0 Å². The molecule has 0 radical (unpaired) electrons. The fraction of sp³-hybridized carbons (Fsp3) is 0.500. The van der Waals surface area contributed by atoms with E-state index in [9.17, 15) is 9.90 Å². The highest BCUT2D eigenvalue weighted by Gasteiger charge is 2.37. The number of aliphatic hydroxyl groups is 1. The molecule has 1 aliphatic carbocycles. The van der Waals surface area contributed by atoms with Crippen LogP contribution in [0.1, 0.15) is 29.8 Å². The van der Waals surface area contributed by atoms with Crippen molar-refractivity contribution in [2.45, 2.75) is 24.8 Å². The summed E-state index contributed by atoms with van der Waals surface area (Å²) in [5.41, 5.74) is -0.525. The molecule has 86 valence electrons. The summed E-state index contributed by atoms with van der Waals surface area (Å²) >= 11 is 0. The van der Waals surface area contributed by atoms with Crippen LogP contribution >= 0.6 is 0 Å². The molecular formula is C10H13N3O3. The molecule has 0 atom stereocenters. The maximum absolute atomic E-state index is 10.9. The van der Waals surface area contributed by atoms with Crippen LogP contribution in [-0.2, 0) is 0 Å².